The van der Waals surface area contributed by atoms with Crippen LogP contribution in [0.5, 0.6) is 0 Å². The molecular weight excluding hydrogens is 262 g/mol. The van der Waals surface area contributed by atoms with E-state index in [-0.39, 0.29) is 17.5 Å². The fraction of sp³-hybridized carbons (Fsp3) is 0.533. The Kier molecular flexibility index (Phi) is 4.70. The molecule has 1 saturated heterocycles. The molecule has 1 aromatic carbocycles. The number of nitrogens with zero attached hydrogens (tertiary/aromatic N) is 2. The number of rotatable bonds is 3. The van der Waals surface area contributed by atoms with E-state index in [4.69, 9.17) is 0 Å². The zero-order valence-corrected chi connectivity index (χ0v) is 11.9. The van der Waals surface area contributed by atoms with E-state index in [1.807, 2.05) is 0 Å². The molecule has 0 saturated carbocycles. The van der Waals surface area contributed by atoms with Crippen LogP contribution >= 0.6 is 0 Å². The van der Waals surface area contributed by atoms with E-state index in [1.54, 1.807) is 11.9 Å². The molecule has 0 atom stereocenters. The minimum absolute atomic E-state index is 0.0631. The van der Waals surface area contributed by atoms with Gasteiger partial charge in [-0.2, -0.15) is 0 Å². The fourth-order valence-corrected chi connectivity index (χ4v) is 2.64. The summed E-state index contributed by atoms with van der Waals surface area (Å²) >= 11 is 0. The summed E-state index contributed by atoms with van der Waals surface area (Å²) in [7, 11) is 1.69. The first kappa shape index (κ1) is 14.9. The zero-order valence-electron chi connectivity index (χ0n) is 11.9. The SMILES string of the molecule is CCN1CCC(N(C)C(=O)c2ccc(F)cc2F)CC1. The number of halogens is 2. The summed E-state index contributed by atoms with van der Waals surface area (Å²) in [6, 6.07) is 3.20. The van der Waals surface area contributed by atoms with Crippen molar-refractivity contribution < 1.29 is 13.6 Å². The minimum Gasteiger partial charge on any atom is -0.339 e. The van der Waals surface area contributed by atoms with Gasteiger partial charge in [-0.25, -0.2) is 8.78 Å². The Hall–Kier alpha value is -1.49. The molecule has 20 heavy (non-hydrogen) atoms. The smallest absolute Gasteiger partial charge is 0.256 e. The van der Waals surface area contributed by atoms with Crippen molar-refractivity contribution in [2.24, 2.45) is 0 Å². The average molecular weight is 282 g/mol. The largest absolute Gasteiger partial charge is 0.339 e. The molecule has 0 aliphatic carbocycles. The lowest BCUT2D eigenvalue weighted by molar-refractivity contribution is 0.0642. The molecule has 5 heteroatoms. The molecule has 0 radical (unpaired) electrons. The predicted molar refractivity (Wildman–Crippen MR) is 73.6 cm³/mol. The van der Waals surface area contributed by atoms with Gasteiger partial charge in [-0.1, -0.05) is 6.92 Å². The van der Waals surface area contributed by atoms with E-state index < -0.39 is 11.6 Å². The summed E-state index contributed by atoms with van der Waals surface area (Å²) < 4.78 is 26.5. The highest BCUT2D eigenvalue weighted by atomic mass is 19.1. The van der Waals surface area contributed by atoms with Crippen molar-refractivity contribution in [1.82, 2.24) is 9.80 Å². The molecular formula is C15H20F2N2O. The lowest BCUT2D eigenvalue weighted by atomic mass is 10.0. The van der Waals surface area contributed by atoms with Crippen LogP contribution in [0, 0.1) is 11.6 Å². The van der Waals surface area contributed by atoms with E-state index in [9.17, 15) is 13.6 Å². The van der Waals surface area contributed by atoms with Gasteiger partial charge < -0.3 is 9.80 Å². The molecule has 0 spiro atoms. The lowest BCUT2D eigenvalue weighted by Gasteiger charge is -2.36. The number of benzene rings is 1. The average Bonchev–Trinajstić information content (AvgIpc) is 2.46. The molecule has 0 N–H and O–H groups in total. The Labute approximate surface area is 118 Å². The molecule has 1 aliphatic heterocycles. The van der Waals surface area contributed by atoms with E-state index in [2.05, 4.69) is 11.8 Å². The van der Waals surface area contributed by atoms with Gasteiger partial charge in [0.15, 0.2) is 0 Å². The predicted octanol–water partition coefficient (Wildman–Crippen LogP) is 2.52. The Bertz CT molecular complexity index is 485. The van der Waals surface area contributed by atoms with Crippen LogP contribution in [0.4, 0.5) is 8.78 Å². The van der Waals surface area contributed by atoms with Crippen LogP contribution in [0.2, 0.25) is 0 Å². The minimum atomic E-state index is -0.798. The molecule has 3 nitrogen and oxygen atoms in total. The highest BCUT2D eigenvalue weighted by Crippen LogP contribution is 2.19. The van der Waals surface area contributed by atoms with Crippen LogP contribution in [0.15, 0.2) is 18.2 Å². The number of piperidine rings is 1. The first-order chi connectivity index (χ1) is 9.52. The number of amides is 1. The standard InChI is InChI=1S/C15H20F2N2O/c1-3-19-8-6-12(7-9-19)18(2)15(20)13-5-4-11(16)10-14(13)17/h4-5,10,12H,3,6-9H2,1-2H3. The quantitative estimate of drug-likeness (QED) is 0.850. The van der Waals surface area contributed by atoms with Gasteiger partial charge in [-0.15, -0.1) is 0 Å². The van der Waals surface area contributed by atoms with E-state index >= 15 is 0 Å². The van der Waals surface area contributed by atoms with Gasteiger partial charge in [0.1, 0.15) is 11.6 Å². The number of likely N-dealkylation sites (tertiary alicyclic amines) is 1. The Morgan fingerprint density at radius 1 is 1.35 bits per heavy atom. The molecule has 1 aromatic rings. The molecule has 1 amide bonds. The molecule has 110 valence electrons. The van der Waals surface area contributed by atoms with E-state index in [1.165, 1.54) is 6.07 Å². The van der Waals surface area contributed by atoms with Gasteiger partial charge in [0.25, 0.3) is 5.91 Å². The second-order valence-electron chi connectivity index (χ2n) is 5.21. The third-order valence-corrected chi connectivity index (χ3v) is 4.03. The van der Waals surface area contributed by atoms with Crippen molar-refractivity contribution in [1.29, 1.82) is 0 Å². The van der Waals surface area contributed by atoms with Crippen LogP contribution in [0.1, 0.15) is 30.1 Å². The molecule has 0 bridgehead atoms. The maximum atomic E-state index is 13.6. The van der Waals surface area contributed by atoms with Crippen LogP contribution in [-0.2, 0) is 0 Å². The summed E-state index contributed by atoms with van der Waals surface area (Å²) in [6.45, 7) is 5.02. The number of hydrogen-bond donors (Lipinski definition) is 0. The highest BCUT2D eigenvalue weighted by molar-refractivity contribution is 5.94. The topological polar surface area (TPSA) is 23.6 Å². The maximum absolute atomic E-state index is 13.6. The van der Waals surface area contributed by atoms with Crippen LogP contribution in [0.3, 0.4) is 0 Å². The third kappa shape index (κ3) is 3.15. The van der Waals surface area contributed by atoms with Crippen molar-refractivity contribution >= 4 is 5.91 Å². The summed E-state index contributed by atoms with van der Waals surface area (Å²) in [5.74, 6) is -1.84. The number of hydrogen-bond acceptors (Lipinski definition) is 2. The van der Waals surface area contributed by atoms with Crippen LogP contribution in [0.25, 0.3) is 0 Å². The van der Waals surface area contributed by atoms with Crippen molar-refractivity contribution in [3.05, 3.63) is 35.4 Å². The summed E-state index contributed by atoms with van der Waals surface area (Å²) in [5, 5.41) is 0. The third-order valence-electron chi connectivity index (χ3n) is 4.03. The second kappa shape index (κ2) is 6.31. The van der Waals surface area contributed by atoms with E-state index in [0.717, 1.165) is 44.6 Å². The second-order valence-corrected chi connectivity index (χ2v) is 5.21. The Morgan fingerprint density at radius 2 is 2.00 bits per heavy atom. The van der Waals surface area contributed by atoms with Gasteiger partial charge in [0.2, 0.25) is 0 Å². The van der Waals surface area contributed by atoms with Crippen LogP contribution < -0.4 is 0 Å². The molecule has 1 heterocycles. The summed E-state index contributed by atoms with van der Waals surface area (Å²) in [6.07, 6.45) is 1.78. The molecule has 1 fully saturated rings. The number of carbonyl (C=O) groups is 1. The molecule has 0 aromatic heterocycles. The molecule has 0 unspecified atom stereocenters. The Balaban J connectivity index is 2.05. The summed E-state index contributed by atoms with van der Waals surface area (Å²) in [5.41, 5.74) is -0.0631. The van der Waals surface area contributed by atoms with Crippen molar-refractivity contribution in [2.75, 3.05) is 26.7 Å². The van der Waals surface area contributed by atoms with Gasteiger partial charge in [0, 0.05) is 32.2 Å². The maximum Gasteiger partial charge on any atom is 0.256 e. The van der Waals surface area contributed by atoms with Crippen molar-refractivity contribution in [2.45, 2.75) is 25.8 Å². The van der Waals surface area contributed by atoms with Gasteiger partial charge in [0.05, 0.1) is 5.56 Å². The molecule has 2 rings (SSSR count). The monoisotopic (exact) mass is 282 g/mol. The van der Waals surface area contributed by atoms with Crippen LogP contribution in [-0.4, -0.2) is 48.4 Å². The fourth-order valence-electron chi connectivity index (χ4n) is 2.64. The lowest BCUT2D eigenvalue weighted by Crippen LogP contribution is -2.45. The van der Waals surface area contributed by atoms with Crippen molar-refractivity contribution in [3.8, 4) is 0 Å². The van der Waals surface area contributed by atoms with Gasteiger partial charge in [-0.3, -0.25) is 4.79 Å². The zero-order chi connectivity index (χ0) is 14.7. The van der Waals surface area contributed by atoms with Crippen molar-refractivity contribution in [3.63, 3.8) is 0 Å². The first-order valence-corrected chi connectivity index (χ1v) is 6.97. The van der Waals surface area contributed by atoms with Gasteiger partial charge in [-0.05, 0) is 31.5 Å². The first-order valence-electron chi connectivity index (χ1n) is 6.97. The summed E-state index contributed by atoms with van der Waals surface area (Å²) in [4.78, 5) is 16.2. The normalized spacial score (nSPS) is 17.2. The van der Waals surface area contributed by atoms with Gasteiger partial charge >= 0.3 is 0 Å². The Morgan fingerprint density at radius 3 is 2.55 bits per heavy atom. The van der Waals surface area contributed by atoms with E-state index in [0.29, 0.717) is 0 Å². The molecule has 1 aliphatic rings. The highest BCUT2D eigenvalue weighted by Gasteiger charge is 2.26. The number of carbonyl (C=O) groups excluding carboxylic acids is 1.